The number of nitrogens with zero attached hydrogens (tertiary/aromatic N) is 3. The second kappa shape index (κ2) is 9.36. The van der Waals surface area contributed by atoms with Crippen LogP contribution in [0, 0.1) is 10.1 Å². The van der Waals surface area contributed by atoms with Crippen LogP contribution in [0.1, 0.15) is 17.2 Å². The van der Waals surface area contributed by atoms with Gasteiger partial charge in [-0.05, 0) is 43.4 Å². The molecule has 0 bridgehead atoms. The van der Waals surface area contributed by atoms with Gasteiger partial charge in [0.05, 0.1) is 16.5 Å². The highest BCUT2D eigenvalue weighted by molar-refractivity contribution is 6.14. The number of likely N-dealkylation sites (N-methyl/N-ethyl adjacent to an activating group) is 1. The number of amides is 1. The molecule has 160 valence electrons. The van der Waals surface area contributed by atoms with Crippen molar-refractivity contribution in [2.45, 2.75) is 6.04 Å². The molecule has 1 unspecified atom stereocenters. The smallest absolute Gasteiger partial charge is 0.290 e. The summed E-state index contributed by atoms with van der Waals surface area (Å²) in [6, 6.07) is 14.0. The van der Waals surface area contributed by atoms with Crippen LogP contribution in [0.5, 0.6) is 0 Å². The first-order chi connectivity index (χ1) is 14.8. The lowest BCUT2D eigenvalue weighted by Gasteiger charge is -2.27. The van der Waals surface area contributed by atoms with E-state index in [9.17, 15) is 24.8 Å². The van der Waals surface area contributed by atoms with Crippen molar-refractivity contribution in [1.82, 2.24) is 9.80 Å². The van der Waals surface area contributed by atoms with Crippen molar-refractivity contribution in [3.05, 3.63) is 93.2 Å². The molecule has 1 N–H and O–H groups in total. The molecule has 0 aliphatic carbocycles. The Labute approximate surface area is 179 Å². The zero-order chi connectivity index (χ0) is 22.5. The van der Waals surface area contributed by atoms with Crippen molar-refractivity contribution in [2.24, 2.45) is 0 Å². The highest BCUT2D eigenvalue weighted by atomic mass is 16.6. The van der Waals surface area contributed by atoms with Gasteiger partial charge in [0.2, 0.25) is 0 Å². The van der Waals surface area contributed by atoms with E-state index >= 15 is 0 Å². The number of hydrogen-bond acceptors (Lipinski definition) is 6. The Morgan fingerprint density at radius 1 is 1.16 bits per heavy atom. The number of nitro benzene ring substituents is 1. The molecule has 8 heteroatoms. The molecule has 0 radical (unpaired) electrons. The predicted molar refractivity (Wildman–Crippen MR) is 116 cm³/mol. The molecule has 3 rings (SSSR count). The van der Waals surface area contributed by atoms with Crippen molar-refractivity contribution in [2.75, 3.05) is 27.2 Å². The lowest BCUT2D eigenvalue weighted by molar-refractivity contribution is -0.384. The van der Waals surface area contributed by atoms with Crippen LogP contribution in [-0.2, 0) is 9.59 Å². The average Bonchev–Trinajstić information content (AvgIpc) is 3.01. The first kappa shape index (κ1) is 21.9. The van der Waals surface area contributed by atoms with Gasteiger partial charge >= 0.3 is 0 Å². The maximum absolute atomic E-state index is 13.0. The minimum absolute atomic E-state index is 0.0372. The molecular weight excluding hydrogens is 398 g/mol. The Morgan fingerprint density at radius 3 is 2.39 bits per heavy atom. The molecule has 0 aromatic heterocycles. The zero-order valence-electron chi connectivity index (χ0n) is 17.3. The van der Waals surface area contributed by atoms with E-state index in [-0.39, 0.29) is 17.8 Å². The van der Waals surface area contributed by atoms with Gasteiger partial charge in [0.1, 0.15) is 0 Å². The number of carbonyl (C=O) groups excluding carboxylic acids is 2. The summed E-state index contributed by atoms with van der Waals surface area (Å²) in [6.45, 7) is 0.792. The van der Waals surface area contributed by atoms with Crippen LogP contribution in [0.3, 0.4) is 0 Å². The maximum Gasteiger partial charge on any atom is 0.290 e. The normalized spacial score (nSPS) is 16.5. The maximum atomic E-state index is 13.0. The summed E-state index contributed by atoms with van der Waals surface area (Å²) in [5, 5.41) is 21.5. The summed E-state index contributed by atoms with van der Waals surface area (Å²) in [5.74, 6) is -1.73. The first-order valence-electron chi connectivity index (χ1n) is 9.70. The second-order valence-electron chi connectivity index (χ2n) is 7.42. The number of benzene rings is 2. The average molecular weight is 421 g/mol. The highest BCUT2D eigenvalue weighted by Gasteiger charge is 2.42. The Balaban J connectivity index is 1.98. The monoisotopic (exact) mass is 421 g/mol. The third-order valence-electron chi connectivity index (χ3n) is 5.00. The van der Waals surface area contributed by atoms with Gasteiger partial charge in [-0.2, -0.15) is 0 Å². The minimum Gasteiger partial charge on any atom is -0.503 e. The number of carbonyl (C=O) groups is 2. The van der Waals surface area contributed by atoms with Crippen molar-refractivity contribution in [3.8, 4) is 0 Å². The number of hydrogen-bond donors (Lipinski definition) is 1. The van der Waals surface area contributed by atoms with Crippen molar-refractivity contribution in [1.29, 1.82) is 0 Å². The van der Waals surface area contributed by atoms with E-state index in [1.807, 2.05) is 49.3 Å². The SMILES string of the molecule is CN(C)CCN1C(=O)C(O)=C(C(=O)C=Cc2ccccc2)C1c1ccc([N+](=O)[O-])cc1. The van der Waals surface area contributed by atoms with Gasteiger partial charge in [0.25, 0.3) is 11.6 Å². The molecule has 8 nitrogen and oxygen atoms in total. The van der Waals surface area contributed by atoms with Gasteiger partial charge in [-0.25, -0.2) is 0 Å². The number of rotatable bonds is 8. The van der Waals surface area contributed by atoms with Crippen molar-refractivity contribution in [3.63, 3.8) is 0 Å². The number of aliphatic hydroxyl groups is 1. The molecule has 2 aromatic carbocycles. The van der Waals surface area contributed by atoms with Crippen LogP contribution in [0.25, 0.3) is 6.08 Å². The Morgan fingerprint density at radius 2 is 1.81 bits per heavy atom. The lowest BCUT2D eigenvalue weighted by Crippen LogP contribution is -2.36. The topological polar surface area (TPSA) is 104 Å². The molecule has 31 heavy (non-hydrogen) atoms. The molecule has 2 aromatic rings. The summed E-state index contributed by atoms with van der Waals surface area (Å²) in [6.07, 6.45) is 2.93. The fourth-order valence-electron chi connectivity index (χ4n) is 3.39. The van der Waals surface area contributed by atoms with E-state index < -0.39 is 28.4 Å². The molecular formula is C23H23N3O5. The van der Waals surface area contributed by atoms with Crippen LogP contribution in [-0.4, -0.2) is 58.7 Å². The molecule has 0 saturated carbocycles. The van der Waals surface area contributed by atoms with Crippen LogP contribution in [0.15, 0.2) is 72.0 Å². The third kappa shape index (κ3) is 4.87. The second-order valence-corrected chi connectivity index (χ2v) is 7.42. The van der Waals surface area contributed by atoms with E-state index in [0.29, 0.717) is 12.1 Å². The molecule has 0 spiro atoms. The largest absolute Gasteiger partial charge is 0.503 e. The van der Waals surface area contributed by atoms with Gasteiger partial charge in [-0.3, -0.25) is 19.7 Å². The summed E-state index contributed by atoms with van der Waals surface area (Å²) >= 11 is 0. The van der Waals surface area contributed by atoms with Crippen LogP contribution < -0.4 is 0 Å². The highest BCUT2D eigenvalue weighted by Crippen LogP contribution is 2.38. The number of allylic oxidation sites excluding steroid dienone is 1. The molecule has 1 aliphatic rings. The molecule has 1 amide bonds. The van der Waals surface area contributed by atoms with E-state index in [4.69, 9.17) is 0 Å². The van der Waals surface area contributed by atoms with Gasteiger partial charge in [0.15, 0.2) is 11.5 Å². The van der Waals surface area contributed by atoms with Crippen molar-refractivity contribution < 1.29 is 19.6 Å². The molecule has 1 aliphatic heterocycles. The number of non-ortho nitro benzene ring substituents is 1. The Kier molecular flexibility index (Phi) is 6.61. The zero-order valence-corrected chi connectivity index (χ0v) is 17.3. The van der Waals surface area contributed by atoms with E-state index in [1.165, 1.54) is 35.2 Å². The third-order valence-corrected chi connectivity index (χ3v) is 5.00. The van der Waals surface area contributed by atoms with Crippen LogP contribution in [0.4, 0.5) is 5.69 Å². The van der Waals surface area contributed by atoms with Crippen molar-refractivity contribution >= 4 is 23.5 Å². The number of aliphatic hydroxyl groups excluding tert-OH is 1. The molecule has 1 heterocycles. The van der Waals surface area contributed by atoms with Gasteiger partial charge in [0, 0.05) is 25.2 Å². The van der Waals surface area contributed by atoms with Gasteiger partial charge < -0.3 is 14.9 Å². The van der Waals surface area contributed by atoms with Crippen LogP contribution >= 0.6 is 0 Å². The predicted octanol–water partition coefficient (Wildman–Crippen LogP) is 3.13. The number of nitro groups is 1. The summed E-state index contributed by atoms with van der Waals surface area (Å²) in [7, 11) is 3.70. The fourth-order valence-corrected chi connectivity index (χ4v) is 3.39. The summed E-state index contributed by atoms with van der Waals surface area (Å²) in [4.78, 5) is 39.6. The Bertz CT molecular complexity index is 1040. The molecule has 0 fully saturated rings. The van der Waals surface area contributed by atoms with Crippen LogP contribution in [0.2, 0.25) is 0 Å². The van der Waals surface area contributed by atoms with E-state index in [2.05, 4.69) is 0 Å². The van der Waals surface area contributed by atoms with E-state index in [1.54, 1.807) is 6.08 Å². The first-order valence-corrected chi connectivity index (χ1v) is 9.70. The summed E-state index contributed by atoms with van der Waals surface area (Å²) in [5.41, 5.74) is 1.18. The minimum atomic E-state index is -0.832. The molecule has 1 atom stereocenters. The lowest BCUT2D eigenvalue weighted by atomic mass is 9.95. The number of ketones is 1. The van der Waals surface area contributed by atoms with Gasteiger partial charge in [-0.15, -0.1) is 0 Å². The quantitative estimate of drug-likeness (QED) is 0.399. The van der Waals surface area contributed by atoms with E-state index in [0.717, 1.165) is 5.56 Å². The standard InChI is InChI=1S/C23H23N3O5/c1-24(2)14-15-25-21(17-9-11-18(12-10-17)26(30)31)20(22(28)23(25)29)19(27)13-8-16-6-4-3-5-7-16/h3-13,21,28H,14-15H2,1-2H3. The fraction of sp³-hybridized carbons (Fsp3) is 0.217. The molecule has 0 saturated heterocycles. The van der Waals surface area contributed by atoms with Gasteiger partial charge in [-0.1, -0.05) is 36.4 Å². The summed E-state index contributed by atoms with van der Waals surface area (Å²) < 4.78 is 0. The Hall–Kier alpha value is -3.78.